The molecule has 0 radical (unpaired) electrons. The Bertz CT molecular complexity index is 869. The number of pyridine rings is 1. The molecule has 0 amide bonds. The lowest BCUT2D eigenvalue weighted by Gasteiger charge is -2.14. The number of halogens is 1. The van der Waals surface area contributed by atoms with Crippen LogP contribution in [0.1, 0.15) is 24.8 Å². The average Bonchev–Trinajstić information content (AvgIpc) is 3.15. The normalized spacial score (nSPS) is 15.1. The summed E-state index contributed by atoms with van der Waals surface area (Å²) in [5.41, 5.74) is 4.18. The highest BCUT2D eigenvalue weighted by molar-refractivity contribution is 5.84. The van der Waals surface area contributed by atoms with Gasteiger partial charge in [-0.2, -0.15) is 0 Å². The SMILES string of the molecule is Fc1cccc(-c2cnc3cc(CCCN4CCCC4)ccc3c2)c1. The minimum Gasteiger partial charge on any atom is -0.303 e. The molecular formula is C22H23FN2. The molecule has 25 heavy (non-hydrogen) atoms. The van der Waals surface area contributed by atoms with Crippen LogP contribution in [-0.4, -0.2) is 29.5 Å². The van der Waals surface area contributed by atoms with Crippen LogP contribution in [-0.2, 0) is 6.42 Å². The number of hydrogen-bond donors (Lipinski definition) is 0. The van der Waals surface area contributed by atoms with E-state index in [0.29, 0.717) is 0 Å². The number of aromatic nitrogens is 1. The van der Waals surface area contributed by atoms with Crippen molar-refractivity contribution in [2.75, 3.05) is 19.6 Å². The maximum absolute atomic E-state index is 13.4. The molecule has 0 saturated carbocycles. The van der Waals surface area contributed by atoms with E-state index in [2.05, 4.69) is 34.1 Å². The third-order valence-electron chi connectivity index (χ3n) is 5.05. The monoisotopic (exact) mass is 334 g/mol. The van der Waals surface area contributed by atoms with Crippen LogP contribution in [0.2, 0.25) is 0 Å². The first-order valence-corrected chi connectivity index (χ1v) is 9.15. The zero-order valence-corrected chi connectivity index (χ0v) is 14.4. The van der Waals surface area contributed by atoms with E-state index >= 15 is 0 Å². The summed E-state index contributed by atoms with van der Waals surface area (Å²) in [5, 5.41) is 1.10. The van der Waals surface area contributed by atoms with E-state index in [1.807, 2.05) is 12.3 Å². The van der Waals surface area contributed by atoms with Crippen molar-refractivity contribution in [1.82, 2.24) is 9.88 Å². The van der Waals surface area contributed by atoms with Gasteiger partial charge in [0.2, 0.25) is 0 Å². The van der Waals surface area contributed by atoms with Crippen molar-refractivity contribution in [2.45, 2.75) is 25.7 Å². The lowest BCUT2D eigenvalue weighted by Crippen LogP contribution is -2.20. The molecule has 0 aliphatic carbocycles. The smallest absolute Gasteiger partial charge is 0.123 e. The average molecular weight is 334 g/mol. The molecular weight excluding hydrogens is 311 g/mol. The highest BCUT2D eigenvalue weighted by Gasteiger charge is 2.10. The second-order valence-electron chi connectivity index (χ2n) is 6.91. The number of nitrogens with zero attached hydrogens (tertiary/aromatic N) is 2. The van der Waals surface area contributed by atoms with E-state index < -0.39 is 0 Å². The molecule has 0 atom stereocenters. The van der Waals surface area contributed by atoms with Crippen LogP contribution in [0.3, 0.4) is 0 Å². The molecule has 0 unspecified atom stereocenters. The van der Waals surface area contributed by atoms with E-state index in [1.54, 1.807) is 12.1 Å². The summed E-state index contributed by atoms with van der Waals surface area (Å²) in [6.07, 6.45) is 6.85. The molecule has 3 heteroatoms. The van der Waals surface area contributed by atoms with Gasteiger partial charge < -0.3 is 4.90 Å². The van der Waals surface area contributed by atoms with E-state index in [9.17, 15) is 4.39 Å². The van der Waals surface area contributed by atoms with Crippen LogP contribution in [0.4, 0.5) is 4.39 Å². The first-order chi connectivity index (χ1) is 12.3. The fourth-order valence-electron chi connectivity index (χ4n) is 3.66. The number of likely N-dealkylation sites (tertiary alicyclic amines) is 1. The summed E-state index contributed by atoms with van der Waals surface area (Å²) >= 11 is 0. The molecule has 2 aromatic carbocycles. The van der Waals surface area contributed by atoms with Crippen molar-refractivity contribution in [3.05, 3.63) is 66.1 Å². The Kier molecular flexibility index (Phi) is 4.75. The van der Waals surface area contributed by atoms with Crippen molar-refractivity contribution >= 4 is 10.9 Å². The molecule has 1 fully saturated rings. The predicted octanol–water partition coefficient (Wildman–Crippen LogP) is 5.07. The molecule has 128 valence electrons. The maximum atomic E-state index is 13.4. The zero-order valence-electron chi connectivity index (χ0n) is 14.4. The van der Waals surface area contributed by atoms with Crippen LogP contribution < -0.4 is 0 Å². The topological polar surface area (TPSA) is 16.1 Å². The number of aryl methyl sites for hydroxylation is 1. The molecule has 0 N–H and O–H groups in total. The van der Waals surface area contributed by atoms with E-state index in [4.69, 9.17) is 0 Å². The molecule has 2 nitrogen and oxygen atoms in total. The Hall–Kier alpha value is -2.26. The number of benzene rings is 2. The van der Waals surface area contributed by atoms with Crippen LogP contribution >= 0.6 is 0 Å². The molecule has 1 aliphatic heterocycles. The van der Waals surface area contributed by atoms with Crippen molar-refractivity contribution < 1.29 is 4.39 Å². The second-order valence-corrected chi connectivity index (χ2v) is 6.91. The van der Waals surface area contributed by atoms with Crippen LogP contribution in [0.15, 0.2) is 54.7 Å². The molecule has 4 rings (SSSR count). The summed E-state index contributed by atoms with van der Waals surface area (Å²) in [6, 6.07) is 15.3. The zero-order chi connectivity index (χ0) is 17.1. The fourth-order valence-corrected chi connectivity index (χ4v) is 3.66. The molecule has 1 saturated heterocycles. The Morgan fingerprint density at radius 3 is 2.68 bits per heavy atom. The van der Waals surface area contributed by atoms with Gasteiger partial charge in [0.25, 0.3) is 0 Å². The third kappa shape index (κ3) is 3.88. The molecule has 2 heterocycles. The van der Waals surface area contributed by atoms with Gasteiger partial charge in [0.1, 0.15) is 5.82 Å². The second kappa shape index (κ2) is 7.32. The van der Waals surface area contributed by atoms with Gasteiger partial charge in [-0.1, -0.05) is 24.3 Å². The van der Waals surface area contributed by atoms with Crippen molar-refractivity contribution in [3.8, 4) is 11.1 Å². The Labute approximate surface area is 148 Å². The number of fused-ring (bicyclic) bond motifs is 1. The Morgan fingerprint density at radius 1 is 0.960 bits per heavy atom. The van der Waals surface area contributed by atoms with Gasteiger partial charge in [-0.15, -0.1) is 0 Å². The van der Waals surface area contributed by atoms with Gasteiger partial charge in [0.05, 0.1) is 5.52 Å². The van der Waals surface area contributed by atoms with Crippen molar-refractivity contribution in [2.24, 2.45) is 0 Å². The largest absolute Gasteiger partial charge is 0.303 e. The van der Waals surface area contributed by atoms with Crippen molar-refractivity contribution in [3.63, 3.8) is 0 Å². The number of hydrogen-bond acceptors (Lipinski definition) is 2. The van der Waals surface area contributed by atoms with Gasteiger partial charge in [-0.25, -0.2) is 4.39 Å². The molecule has 1 aromatic heterocycles. The fraction of sp³-hybridized carbons (Fsp3) is 0.318. The highest BCUT2D eigenvalue weighted by Crippen LogP contribution is 2.24. The van der Waals surface area contributed by atoms with Gasteiger partial charge >= 0.3 is 0 Å². The minimum atomic E-state index is -0.217. The lowest BCUT2D eigenvalue weighted by atomic mass is 10.0. The summed E-state index contributed by atoms with van der Waals surface area (Å²) in [5.74, 6) is -0.217. The first kappa shape index (κ1) is 16.2. The van der Waals surface area contributed by atoms with Crippen molar-refractivity contribution in [1.29, 1.82) is 0 Å². The van der Waals surface area contributed by atoms with Crippen LogP contribution in [0, 0.1) is 5.82 Å². The molecule has 3 aromatic rings. The number of rotatable bonds is 5. The summed E-state index contributed by atoms with van der Waals surface area (Å²) in [4.78, 5) is 7.16. The van der Waals surface area contributed by atoms with Crippen LogP contribution in [0.25, 0.3) is 22.0 Å². The van der Waals surface area contributed by atoms with Crippen LogP contribution in [0.5, 0.6) is 0 Å². The highest BCUT2D eigenvalue weighted by atomic mass is 19.1. The summed E-state index contributed by atoms with van der Waals surface area (Å²) in [6.45, 7) is 3.73. The lowest BCUT2D eigenvalue weighted by molar-refractivity contribution is 0.334. The molecule has 0 bridgehead atoms. The maximum Gasteiger partial charge on any atom is 0.123 e. The Morgan fingerprint density at radius 2 is 1.84 bits per heavy atom. The predicted molar refractivity (Wildman–Crippen MR) is 101 cm³/mol. The Balaban J connectivity index is 1.48. The van der Waals surface area contributed by atoms with Gasteiger partial charge in [0.15, 0.2) is 0 Å². The quantitative estimate of drug-likeness (QED) is 0.647. The minimum absolute atomic E-state index is 0.217. The van der Waals surface area contributed by atoms with E-state index in [0.717, 1.165) is 28.5 Å². The third-order valence-corrected chi connectivity index (χ3v) is 5.05. The van der Waals surface area contributed by atoms with E-state index in [1.165, 1.54) is 50.5 Å². The van der Waals surface area contributed by atoms with E-state index in [-0.39, 0.29) is 5.82 Å². The summed E-state index contributed by atoms with van der Waals surface area (Å²) in [7, 11) is 0. The summed E-state index contributed by atoms with van der Waals surface area (Å²) < 4.78 is 13.4. The molecule has 0 spiro atoms. The standard InChI is InChI=1S/C22H23FN2/c23-21-7-3-6-18(15-21)20-14-19-9-8-17(13-22(19)24-16-20)5-4-12-25-10-1-2-11-25/h3,6-9,13-16H,1-2,4-5,10-12H2. The molecule has 1 aliphatic rings. The van der Waals surface area contributed by atoms with Gasteiger partial charge in [-0.05, 0) is 80.7 Å². The first-order valence-electron chi connectivity index (χ1n) is 9.15. The van der Waals surface area contributed by atoms with Gasteiger partial charge in [-0.3, -0.25) is 4.98 Å². The van der Waals surface area contributed by atoms with Gasteiger partial charge in [0, 0.05) is 17.1 Å².